The molecule has 3 nitrogen and oxygen atoms in total. The van der Waals surface area contributed by atoms with E-state index < -0.39 is 0 Å². The summed E-state index contributed by atoms with van der Waals surface area (Å²) in [5.41, 5.74) is 3.96. The summed E-state index contributed by atoms with van der Waals surface area (Å²) in [5.74, 6) is 0. The molecular formula is C19H27N2O+. The topological polar surface area (TPSA) is 29.6 Å². The van der Waals surface area contributed by atoms with Gasteiger partial charge in [-0.2, -0.15) is 0 Å². The van der Waals surface area contributed by atoms with Crippen molar-refractivity contribution in [2.75, 3.05) is 13.1 Å². The van der Waals surface area contributed by atoms with Crippen LogP contribution in [0.3, 0.4) is 0 Å². The monoisotopic (exact) mass is 299 g/mol. The van der Waals surface area contributed by atoms with Crippen LogP contribution in [0.2, 0.25) is 0 Å². The van der Waals surface area contributed by atoms with Gasteiger partial charge in [0.05, 0.1) is 12.2 Å². The summed E-state index contributed by atoms with van der Waals surface area (Å²) in [6.07, 6.45) is 3.76. The Balaban J connectivity index is 2.11. The first-order chi connectivity index (χ1) is 10.6. The molecule has 1 heterocycles. The van der Waals surface area contributed by atoms with Crippen LogP contribution in [0.1, 0.15) is 23.7 Å². The molecule has 0 aliphatic heterocycles. The second kappa shape index (κ2) is 7.97. The Morgan fingerprint density at radius 1 is 1.27 bits per heavy atom. The van der Waals surface area contributed by atoms with Crippen molar-refractivity contribution in [1.82, 2.24) is 4.57 Å². The van der Waals surface area contributed by atoms with E-state index in [0.29, 0.717) is 0 Å². The largest absolute Gasteiger partial charge is 0.388 e. The molecule has 0 spiro atoms. The summed E-state index contributed by atoms with van der Waals surface area (Å²) >= 11 is 0. The van der Waals surface area contributed by atoms with Crippen molar-refractivity contribution in [1.29, 1.82) is 0 Å². The van der Waals surface area contributed by atoms with Crippen LogP contribution < -0.4 is 4.90 Å². The quantitative estimate of drug-likeness (QED) is 0.715. The molecule has 0 fully saturated rings. The lowest BCUT2D eigenvalue weighted by Crippen LogP contribution is -3.11. The highest BCUT2D eigenvalue weighted by Crippen LogP contribution is 2.11. The number of benzene rings is 1. The van der Waals surface area contributed by atoms with Gasteiger partial charge in [0.2, 0.25) is 0 Å². The average Bonchev–Trinajstić information content (AvgIpc) is 2.88. The smallest absolute Gasteiger partial charge is 0.118 e. The molecule has 0 saturated carbocycles. The highest BCUT2D eigenvalue weighted by Gasteiger charge is 2.14. The van der Waals surface area contributed by atoms with Gasteiger partial charge in [-0.05, 0) is 43.2 Å². The van der Waals surface area contributed by atoms with E-state index in [4.69, 9.17) is 0 Å². The van der Waals surface area contributed by atoms with Crippen molar-refractivity contribution in [3.05, 3.63) is 72.1 Å². The van der Waals surface area contributed by atoms with Gasteiger partial charge < -0.3 is 14.6 Å². The van der Waals surface area contributed by atoms with Crippen LogP contribution in [-0.2, 0) is 13.1 Å². The molecule has 0 aliphatic carbocycles. The van der Waals surface area contributed by atoms with E-state index in [1.54, 1.807) is 0 Å². The first-order valence-corrected chi connectivity index (χ1v) is 7.91. The van der Waals surface area contributed by atoms with Crippen molar-refractivity contribution >= 4 is 0 Å². The Bertz CT molecular complexity index is 601. The lowest BCUT2D eigenvalue weighted by Gasteiger charge is -2.20. The van der Waals surface area contributed by atoms with Gasteiger partial charge in [-0.15, -0.1) is 0 Å². The molecule has 2 rings (SSSR count). The molecule has 0 bridgehead atoms. The van der Waals surface area contributed by atoms with E-state index in [0.717, 1.165) is 26.2 Å². The van der Waals surface area contributed by atoms with E-state index >= 15 is 0 Å². The van der Waals surface area contributed by atoms with Crippen molar-refractivity contribution in [2.45, 2.75) is 33.0 Å². The second-order valence-corrected chi connectivity index (χ2v) is 6.03. The number of quaternary nitrogens is 1. The Hall–Kier alpha value is -1.84. The fourth-order valence-corrected chi connectivity index (χ4v) is 2.84. The molecule has 1 aromatic heterocycles. The number of rotatable bonds is 8. The molecule has 0 amide bonds. The highest BCUT2D eigenvalue weighted by atomic mass is 16.3. The molecule has 1 unspecified atom stereocenters. The number of aryl methyl sites for hydroxylation is 1. The van der Waals surface area contributed by atoms with Crippen LogP contribution in [0, 0.1) is 6.92 Å². The van der Waals surface area contributed by atoms with Crippen LogP contribution in [0.4, 0.5) is 0 Å². The third kappa shape index (κ3) is 4.58. The summed E-state index contributed by atoms with van der Waals surface area (Å²) in [6.45, 7) is 11.2. The molecule has 1 aromatic carbocycles. The molecule has 0 radical (unpaired) electrons. The maximum Gasteiger partial charge on any atom is 0.118 e. The van der Waals surface area contributed by atoms with Gasteiger partial charge in [0.15, 0.2) is 0 Å². The normalized spacial score (nSPS) is 13.8. The molecule has 0 saturated heterocycles. The number of aliphatic hydroxyl groups excluding tert-OH is 1. The summed E-state index contributed by atoms with van der Waals surface area (Å²) in [7, 11) is 0. The third-order valence-corrected chi connectivity index (χ3v) is 3.97. The Labute approximate surface area is 133 Å². The number of nitrogens with one attached hydrogen (secondary N) is 1. The third-order valence-electron chi connectivity index (χ3n) is 3.97. The minimum atomic E-state index is -0.297. The standard InChI is InChI=1S/C19H26N2O/c1-4-11-20(13-17(3)22)15-19-10-7-12-21(19)14-18-9-6-5-8-16(18)2/h4-10,12,17,22H,1,11,13-15H2,2-3H3/p+1/t17-/m0/s1. The summed E-state index contributed by atoms with van der Waals surface area (Å²) < 4.78 is 2.30. The maximum atomic E-state index is 9.66. The van der Waals surface area contributed by atoms with Crippen molar-refractivity contribution in [3.8, 4) is 0 Å². The minimum absolute atomic E-state index is 0.297. The Kier molecular flexibility index (Phi) is 5.99. The predicted molar refractivity (Wildman–Crippen MR) is 91.0 cm³/mol. The molecule has 22 heavy (non-hydrogen) atoms. The molecule has 3 heteroatoms. The number of nitrogens with zero attached hydrogens (tertiary/aromatic N) is 1. The minimum Gasteiger partial charge on any atom is -0.388 e. The van der Waals surface area contributed by atoms with Gasteiger partial charge >= 0.3 is 0 Å². The molecular weight excluding hydrogens is 272 g/mol. The zero-order valence-electron chi connectivity index (χ0n) is 13.6. The van der Waals surface area contributed by atoms with E-state index in [1.807, 2.05) is 13.0 Å². The van der Waals surface area contributed by atoms with Gasteiger partial charge in [0.25, 0.3) is 0 Å². The molecule has 2 atom stereocenters. The zero-order valence-corrected chi connectivity index (χ0v) is 13.6. The van der Waals surface area contributed by atoms with Crippen LogP contribution in [-0.4, -0.2) is 28.9 Å². The van der Waals surface area contributed by atoms with Crippen LogP contribution in [0.5, 0.6) is 0 Å². The highest BCUT2D eigenvalue weighted by molar-refractivity contribution is 5.26. The Morgan fingerprint density at radius 3 is 2.73 bits per heavy atom. The van der Waals surface area contributed by atoms with Crippen molar-refractivity contribution < 1.29 is 10.0 Å². The average molecular weight is 299 g/mol. The fraction of sp³-hybridized carbons (Fsp3) is 0.368. The lowest BCUT2D eigenvalue weighted by molar-refractivity contribution is -0.911. The van der Waals surface area contributed by atoms with Crippen molar-refractivity contribution in [3.63, 3.8) is 0 Å². The molecule has 0 aliphatic rings. The van der Waals surface area contributed by atoms with Gasteiger partial charge in [-0.3, -0.25) is 0 Å². The van der Waals surface area contributed by atoms with E-state index in [-0.39, 0.29) is 6.10 Å². The van der Waals surface area contributed by atoms with E-state index in [2.05, 4.69) is 60.7 Å². The number of aliphatic hydroxyl groups is 1. The van der Waals surface area contributed by atoms with Gasteiger partial charge in [-0.25, -0.2) is 0 Å². The number of hydrogen-bond donors (Lipinski definition) is 2. The maximum absolute atomic E-state index is 9.66. The first kappa shape index (κ1) is 16.5. The van der Waals surface area contributed by atoms with Gasteiger partial charge in [0.1, 0.15) is 19.2 Å². The summed E-state index contributed by atoms with van der Waals surface area (Å²) in [6, 6.07) is 12.8. The van der Waals surface area contributed by atoms with Crippen LogP contribution in [0.25, 0.3) is 0 Å². The van der Waals surface area contributed by atoms with E-state index in [1.165, 1.54) is 21.7 Å². The first-order valence-electron chi connectivity index (χ1n) is 7.91. The SMILES string of the molecule is C=CC[NH+](Cc1cccn1Cc1ccccc1C)C[C@H](C)O. The second-order valence-electron chi connectivity index (χ2n) is 6.03. The van der Waals surface area contributed by atoms with Gasteiger partial charge in [-0.1, -0.05) is 30.8 Å². The van der Waals surface area contributed by atoms with Crippen LogP contribution in [0.15, 0.2) is 55.3 Å². The van der Waals surface area contributed by atoms with Crippen molar-refractivity contribution in [2.24, 2.45) is 0 Å². The van der Waals surface area contributed by atoms with Gasteiger partial charge in [0, 0.05) is 12.7 Å². The summed E-state index contributed by atoms with van der Waals surface area (Å²) in [5, 5.41) is 9.66. The zero-order chi connectivity index (χ0) is 15.9. The van der Waals surface area contributed by atoms with E-state index in [9.17, 15) is 5.11 Å². The number of hydrogen-bond acceptors (Lipinski definition) is 1. The lowest BCUT2D eigenvalue weighted by atomic mass is 10.1. The van der Waals surface area contributed by atoms with Crippen LogP contribution >= 0.6 is 0 Å². The fourth-order valence-electron chi connectivity index (χ4n) is 2.84. The molecule has 2 N–H and O–H groups in total. The number of aromatic nitrogens is 1. The molecule has 118 valence electrons. The summed E-state index contributed by atoms with van der Waals surface area (Å²) in [4.78, 5) is 1.33. The Morgan fingerprint density at radius 2 is 2.05 bits per heavy atom. The predicted octanol–water partition coefficient (Wildman–Crippen LogP) is 1.80. The molecule has 2 aromatic rings.